The number of pyridine rings is 3. The van der Waals surface area contributed by atoms with Gasteiger partial charge in [0.2, 0.25) is 0 Å². The van der Waals surface area contributed by atoms with Crippen molar-refractivity contribution in [1.82, 2.24) is 28.2 Å². The fourth-order valence-corrected chi connectivity index (χ4v) is 31.0. The highest BCUT2D eigenvalue weighted by atomic mass is 31.2. The topological polar surface area (TPSA) is 103 Å². The second-order valence-electron chi connectivity index (χ2n) is 38.6. The summed E-state index contributed by atoms with van der Waals surface area (Å²) < 4.78 is 51.8. The SMILES string of the molecule is O=P(c1ccccc1)(c1ccccc1)c1ccc(-c2ccc(-c3ccc4c5c6ccccc6ccc5c5nc6ccccc6n5c4c3)cc2)cc1.O=P(c1ccccc1)(c1ccccc1)c1ccc2cc(-c3ccc4c(c3)c3c5ccccc5ccc3c3nc5ccccc5n43)ccc2c1.O=P(c1ccccc1)(c1ccccc1)c1ccc2cc(-c3ccc4c5c6ccccc6ccc5c5nc6ccccc6n5c4c3)ccc2c1. The molecule has 0 fully saturated rings. The number of fused-ring (bicyclic) bond motifs is 32. The third kappa shape index (κ3) is 14.7. The lowest BCUT2D eigenvalue weighted by molar-refractivity contribution is 0.591. The molecule has 0 radical (unpaired) electrons. The maximum atomic E-state index is 15.0. The van der Waals surface area contributed by atoms with Crippen LogP contribution in [0.15, 0.2) is 540 Å². The molecule has 0 spiro atoms. The van der Waals surface area contributed by atoms with Gasteiger partial charge in [-0.3, -0.25) is 13.2 Å². The summed E-state index contributed by atoms with van der Waals surface area (Å²) >= 11 is 0. The van der Waals surface area contributed by atoms with E-state index < -0.39 is 21.4 Å². The predicted molar refractivity (Wildman–Crippen MR) is 631 cm³/mol. The van der Waals surface area contributed by atoms with Gasteiger partial charge in [-0.25, -0.2) is 15.0 Å². The van der Waals surface area contributed by atoms with Gasteiger partial charge in [0.05, 0.1) is 49.7 Å². The molecule has 149 heavy (non-hydrogen) atoms. The van der Waals surface area contributed by atoms with Crippen LogP contribution in [0.1, 0.15) is 0 Å². The summed E-state index contributed by atoms with van der Waals surface area (Å²) in [7, 11) is -9.14. The largest absolute Gasteiger partial charge is 0.309 e. The number of rotatable bonds is 13. The van der Waals surface area contributed by atoms with Crippen LogP contribution in [-0.2, 0) is 13.7 Å². The normalized spacial score (nSPS) is 12.1. The third-order valence-electron chi connectivity index (χ3n) is 30.3. The molecule has 0 saturated heterocycles. The van der Waals surface area contributed by atoms with Gasteiger partial charge in [-0.1, -0.05) is 437 Å². The minimum Gasteiger partial charge on any atom is -0.309 e. The molecule has 0 N–H and O–H groups in total. The Morgan fingerprint density at radius 1 is 0.141 bits per heavy atom. The summed E-state index contributed by atoms with van der Waals surface area (Å²) in [4.78, 5) is 15.4. The monoisotopic (exact) mass is 1960 g/mol. The van der Waals surface area contributed by atoms with Crippen molar-refractivity contribution >= 4 is 238 Å². The Morgan fingerprint density at radius 3 is 0.752 bits per heavy atom. The van der Waals surface area contributed by atoms with Crippen LogP contribution in [0.4, 0.5) is 0 Å². The van der Waals surface area contributed by atoms with Gasteiger partial charge in [0.25, 0.3) is 0 Å². The summed E-state index contributed by atoms with van der Waals surface area (Å²) in [6.07, 6.45) is 0. The zero-order chi connectivity index (χ0) is 99.0. The van der Waals surface area contributed by atoms with Gasteiger partial charge in [-0.15, -0.1) is 0 Å². The molecule has 30 aromatic rings. The van der Waals surface area contributed by atoms with Crippen molar-refractivity contribution in [2.75, 3.05) is 0 Å². The van der Waals surface area contributed by atoms with Gasteiger partial charge in [0, 0.05) is 96.2 Å². The molecule has 0 aliphatic rings. The molecule has 30 rings (SSSR count). The fourth-order valence-electron chi connectivity index (χ4n) is 23.0. The lowest BCUT2D eigenvalue weighted by atomic mass is 9.95. The predicted octanol–water partition coefficient (Wildman–Crippen LogP) is 31.7. The van der Waals surface area contributed by atoms with Crippen molar-refractivity contribution in [3.05, 3.63) is 540 Å². The number of benzene rings is 24. The third-order valence-corrected chi connectivity index (χ3v) is 39.4. The van der Waals surface area contributed by atoms with Crippen LogP contribution in [0.3, 0.4) is 0 Å². The molecule has 0 unspecified atom stereocenters. The lowest BCUT2D eigenvalue weighted by Gasteiger charge is -2.20. The Labute approximate surface area is 858 Å². The van der Waals surface area contributed by atoms with E-state index >= 15 is 9.13 Å². The molecule has 0 aliphatic heterocycles. The molecule has 0 bridgehead atoms. The van der Waals surface area contributed by atoms with E-state index in [0.29, 0.717) is 0 Å². The molecule has 24 aromatic carbocycles. The minimum atomic E-state index is -3.06. The average Bonchev–Trinajstić information content (AvgIpc) is 1.61. The van der Waals surface area contributed by atoms with Gasteiger partial charge >= 0.3 is 0 Å². The Bertz CT molecular complexity index is 10700. The first kappa shape index (κ1) is 88.4. The lowest BCUT2D eigenvalue weighted by Crippen LogP contribution is -2.24. The van der Waals surface area contributed by atoms with Crippen LogP contribution in [-0.4, -0.2) is 28.2 Å². The maximum absolute atomic E-state index is 15.0. The summed E-state index contributed by atoms with van der Waals surface area (Å²) in [5.41, 5.74) is 21.7. The maximum Gasteiger partial charge on any atom is 0.171 e. The van der Waals surface area contributed by atoms with E-state index in [0.717, 1.165) is 197 Å². The van der Waals surface area contributed by atoms with Gasteiger partial charge in [-0.05, 0) is 201 Å². The summed E-state index contributed by atoms with van der Waals surface area (Å²) in [6.45, 7) is 0. The van der Waals surface area contributed by atoms with Crippen LogP contribution in [0, 0.1) is 0 Å². The molecule has 700 valence electrons. The van der Waals surface area contributed by atoms with Crippen molar-refractivity contribution in [2.24, 2.45) is 0 Å². The van der Waals surface area contributed by atoms with Crippen molar-refractivity contribution in [1.29, 1.82) is 0 Å². The van der Waals surface area contributed by atoms with Crippen molar-refractivity contribution in [3.63, 3.8) is 0 Å². The van der Waals surface area contributed by atoms with E-state index in [-0.39, 0.29) is 0 Å². The van der Waals surface area contributed by atoms with Gasteiger partial charge in [0.15, 0.2) is 21.4 Å². The second kappa shape index (κ2) is 35.9. The Kier molecular flexibility index (Phi) is 21.3. The number of hydrogen-bond acceptors (Lipinski definition) is 6. The molecule has 0 saturated carbocycles. The van der Waals surface area contributed by atoms with Crippen LogP contribution in [0.2, 0.25) is 0 Å². The zero-order valence-electron chi connectivity index (χ0n) is 80.6. The highest BCUT2D eigenvalue weighted by molar-refractivity contribution is 7.86. The molecule has 9 nitrogen and oxygen atoms in total. The van der Waals surface area contributed by atoms with Gasteiger partial charge in [0.1, 0.15) is 16.9 Å². The molecule has 0 atom stereocenters. The Morgan fingerprint density at radius 2 is 0.376 bits per heavy atom. The first-order valence-electron chi connectivity index (χ1n) is 50.4. The number of hydrogen-bond donors (Lipinski definition) is 0. The van der Waals surface area contributed by atoms with E-state index in [1.54, 1.807) is 0 Å². The molecule has 6 aromatic heterocycles. The van der Waals surface area contributed by atoms with Crippen LogP contribution in [0.5, 0.6) is 0 Å². The smallest absolute Gasteiger partial charge is 0.171 e. The standard InChI is InChI=1S/C47H31N2OP.2C45H29N2OP/c50-51(37-12-3-1-4-13-37,38-14-5-2-6-15-38)39-27-23-33(24-28-39)32-19-21-34(22-20-32)36-26-29-41-45(31-36)49-44-18-10-9-17-43(44)48-47(49)42-30-25-35-11-7-8-16-40(35)46(41)42;48-49(35-12-3-1-4-13-35,36-14-5-2-6-15-36)37-24-21-32-27-31(19-20-33(32)28-37)34-23-25-39-43(29-34)47-42-18-10-9-17-41(42)46-45(47)40-26-22-30-11-7-8-16-38(30)44(39)40;48-49(35-12-3-1-4-13-35,36-14-5-2-6-15-36)37-24-21-32-27-31(19-20-33(32)28-37)34-23-26-42-40(29-34)44-38-16-8-7-11-30(38)22-25-39(44)45-46-41-17-9-10-18-43(41)47(42)45/h1-31H;2*1-29H. The van der Waals surface area contributed by atoms with E-state index in [4.69, 9.17) is 15.0 Å². The molecular formula is C137H89N6O3P3. The van der Waals surface area contributed by atoms with E-state index in [9.17, 15) is 4.57 Å². The number of para-hydroxylation sites is 6. The first-order valence-corrected chi connectivity index (χ1v) is 55.5. The Balaban J connectivity index is 0.000000108. The van der Waals surface area contributed by atoms with Gasteiger partial charge in [-0.2, -0.15) is 0 Å². The molecule has 6 heterocycles. The quantitative estimate of drug-likeness (QED) is 0.0842. The summed E-state index contributed by atoms with van der Waals surface area (Å²) in [6, 6.07) is 187. The van der Waals surface area contributed by atoms with E-state index in [2.05, 4.69) is 347 Å². The van der Waals surface area contributed by atoms with Crippen LogP contribution in [0.25, 0.3) is 213 Å². The van der Waals surface area contributed by atoms with Crippen LogP contribution >= 0.6 is 21.4 Å². The van der Waals surface area contributed by atoms with Crippen LogP contribution < -0.4 is 47.7 Å². The molecular weight excluding hydrogens is 1870 g/mol. The highest BCUT2D eigenvalue weighted by Gasteiger charge is 2.34. The summed E-state index contributed by atoms with van der Waals surface area (Å²) in [5, 5.41) is 30.0. The molecule has 0 aliphatic carbocycles. The van der Waals surface area contributed by atoms with E-state index in [1.807, 2.05) is 206 Å². The Hall–Kier alpha value is -18.3. The average molecular weight is 1960 g/mol. The van der Waals surface area contributed by atoms with Crippen molar-refractivity contribution < 1.29 is 13.7 Å². The zero-order valence-corrected chi connectivity index (χ0v) is 83.3. The highest BCUT2D eigenvalue weighted by Crippen LogP contribution is 2.50. The second-order valence-corrected chi connectivity index (χ2v) is 46.9. The molecule has 12 heteroatoms. The van der Waals surface area contributed by atoms with Gasteiger partial charge < -0.3 is 13.7 Å². The van der Waals surface area contributed by atoms with E-state index in [1.165, 1.54) is 64.6 Å². The number of nitrogens with zero attached hydrogens (tertiary/aromatic N) is 6. The first-order chi connectivity index (χ1) is 73.5. The number of imidazole rings is 3. The molecule has 0 amide bonds. The number of aromatic nitrogens is 6. The fraction of sp³-hybridized carbons (Fsp3) is 0. The summed E-state index contributed by atoms with van der Waals surface area (Å²) in [5.74, 6) is 0. The van der Waals surface area contributed by atoms with Crippen molar-refractivity contribution in [2.45, 2.75) is 0 Å². The van der Waals surface area contributed by atoms with Crippen molar-refractivity contribution in [3.8, 4) is 44.5 Å². The minimum absolute atomic E-state index is 0.829.